The number of piperidine rings is 2. The van der Waals surface area contributed by atoms with Gasteiger partial charge in [-0.05, 0) is 57.6 Å². The van der Waals surface area contributed by atoms with Crippen molar-refractivity contribution in [2.75, 3.05) is 44.2 Å². The van der Waals surface area contributed by atoms with E-state index in [2.05, 4.69) is 9.88 Å². The van der Waals surface area contributed by atoms with Gasteiger partial charge in [0.2, 0.25) is 5.91 Å². The molecule has 9 heteroatoms. The highest BCUT2D eigenvalue weighted by Crippen LogP contribution is 2.26. The van der Waals surface area contributed by atoms with Gasteiger partial charge in [-0.25, -0.2) is 9.78 Å². The lowest BCUT2D eigenvalue weighted by Crippen LogP contribution is -2.51. The molecular weight excluding hydrogens is 422 g/mol. The third-order valence-corrected chi connectivity index (χ3v) is 6.83. The van der Waals surface area contributed by atoms with Gasteiger partial charge < -0.3 is 29.9 Å². The summed E-state index contributed by atoms with van der Waals surface area (Å²) in [5, 5.41) is 0. The van der Waals surface area contributed by atoms with E-state index >= 15 is 0 Å². The Balaban J connectivity index is 1.23. The van der Waals surface area contributed by atoms with E-state index in [-0.39, 0.29) is 30.2 Å². The van der Waals surface area contributed by atoms with Crippen molar-refractivity contribution in [1.29, 1.82) is 0 Å². The first kappa shape index (κ1) is 23.6. The van der Waals surface area contributed by atoms with Crippen molar-refractivity contribution in [2.45, 2.75) is 64.1 Å². The van der Waals surface area contributed by atoms with Crippen LogP contribution in [-0.2, 0) is 9.53 Å². The lowest BCUT2D eigenvalue weighted by atomic mass is 9.98. The van der Waals surface area contributed by atoms with Crippen LogP contribution in [0.3, 0.4) is 0 Å². The van der Waals surface area contributed by atoms with Crippen LogP contribution >= 0.6 is 0 Å². The molecule has 182 valence electrons. The van der Waals surface area contributed by atoms with Gasteiger partial charge in [-0.1, -0.05) is 0 Å². The summed E-state index contributed by atoms with van der Waals surface area (Å²) in [5.74, 6) is 2.24. The van der Waals surface area contributed by atoms with Gasteiger partial charge in [0.25, 0.3) is 0 Å². The van der Waals surface area contributed by atoms with Gasteiger partial charge in [-0.15, -0.1) is 0 Å². The van der Waals surface area contributed by atoms with Gasteiger partial charge >= 0.3 is 6.09 Å². The first-order chi connectivity index (χ1) is 15.9. The maximum absolute atomic E-state index is 12.3. The van der Waals surface area contributed by atoms with E-state index < -0.39 is 0 Å². The predicted molar refractivity (Wildman–Crippen MR) is 125 cm³/mol. The molecule has 0 bridgehead atoms. The topological polar surface area (TPSA) is 101 Å². The Bertz CT molecular complexity index is 810. The molecule has 1 aromatic heterocycles. The maximum atomic E-state index is 12.3. The highest BCUT2D eigenvalue weighted by Gasteiger charge is 2.38. The van der Waals surface area contributed by atoms with Crippen LogP contribution in [0.2, 0.25) is 0 Å². The Morgan fingerprint density at radius 1 is 1.18 bits per heavy atom. The molecule has 4 rings (SSSR count). The molecule has 3 fully saturated rings. The smallest absolute Gasteiger partial charge is 0.410 e. The Morgan fingerprint density at radius 2 is 1.97 bits per heavy atom. The Labute approximate surface area is 196 Å². The fourth-order valence-electron chi connectivity index (χ4n) is 4.92. The number of ether oxygens (including phenoxy) is 2. The Morgan fingerprint density at radius 3 is 2.64 bits per heavy atom. The van der Waals surface area contributed by atoms with E-state index in [4.69, 9.17) is 15.2 Å². The molecule has 0 radical (unpaired) electrons. The van der Waals surface area contributed by atoms with Gasteiger partial charge in [-0.3, -0.25) is 4.79 Å². The number of amides is 2. The van der Waals surface area contributed by atoms with Crippen LogP contribution in [0.15, 0.2) is 18.3 Å². The Hall–Kier alpha value is -2.55. The molecule has 1 aromatic rings. The molecule has 2 amide bonds. The van der Waals surface area contributed by atoms with E-state index in [0.717, 1.165) is 50.3 Å². The molecule has 0 unspecified atom stereocenters. The number of rotatable bonds is 6. The zero-order chi connectivity index (χ0) is 23.4. The van der Waals surface area contributed by atoms with Crippen molar-refractivity contribution >= 4 is 17.8 Å². The summed E-state index contributed by atoms with van der Waals surface area (Å²) in [6, 6.07) is 3.91. The number of hydrogen-bond donors (Lipinski definition) is 1. The number of likely N-dealkylation sites (tertiary alicyclic amines) is 2. The molecule has 3 saturated heterocycles. The minimum Gasteiger partial charge on any atom is -0.492 e. The summed E-state index contributed by atoms with van der Waals surface area (Å²) in [7, 11) is 0. The predicted octanol–water partition coefficient (Wildman–Crippen LogP) is 2.25. The lowest BCUT2D eigenvalue weighted by molar-refractivity contribution is -0.135. The van der Waals surface area contributed by atoms with Crippen LogP contribution in [0.4, 0.5) is 10.6 Å². The van der Waals surface area contributed by atoms with Crippen LogP contribution in [0, 0.1) is 5.92 Å². The summed E-state index contributed by atoms with van der Waals surface area (Å²) in [4.78, 5) is 34.8. The minimum absolute atomic E-state index is 0.0548. The number of hydrogen-bond acceptors (Lipinski definition) is 7. The second-order valence-corrected chi connectivity index (χ2v) is 9.71. The van der Waals surface area contributed by atoms with Crippen molar-refractivity contribution in [3.05, 3.63) is 18.3 Å². The number of nitrogens with zero attached hydrogens (tertiary/aromatic N) is 4. The van der Waals surface area contributed by atoms with E-state index in [1.165, 1.54) is 0 Å². The molecule has 2 N–H and O–H groups in total. The van der Waals surface area contributed by atoms with Gasteiger partial charge in [0.05, 0.1) is 24.9 Å². The molecular formula is C24H37N5O4. The lowest BCUT2D eigenvalue weighted by Gasteiger charge is -2.34. The number of pyridine rings is 1. The second kappa shape index (κ2) is 10.6. The molecule has 0 spiro atoms. The Kier molecular flexibility index (Phi) is 7.57. The monoisotopic (exact) mass is 459 g/mol. The zero-order valence-electron chi connectivity index (χ0n) is 19.8. The summed E-state index contributed by atoms with van der Waals surface area (Å²) < 4.78 is 11.3. The molecule has 0 saturated carbocycles. The average molecular weight is 460 g/mol. The van der Waals surface area contributed by atoms with E-state index in [1.807, 2.05) is 30.9 Å². The number of aromatic nitrogens is 1. The largest absolute Gasteiger partial charge is 0.492 e. The SMILES string of the molecule is CC(C)OC(=O)N1CCC(COc2ccc(N3C[C@H](N)[C@@H](N4CCCCC4=O)C3)nc2)CC1. The third-order valence-electron chi connectivity index (χ3n) is 6.83. The van der Waals surface area contributed by atoms with Crippen molar-refractivity contribution < 1.29 is 19.1 Å². The van der Waals surface area contributed by atoms with E-state index in [1.54, 1.807) is 11.1 Å². The highest BCUT2D eigenvalue weighted by molar-refractivity contribution is 5.77. The highest BCUT2D eigenvalue weighted by atomic mass is 16.6. The van der Waals surface area contributed by atoms with Crippen LogP contribution in [-0.4, -0.2) is 84.3 Å². The number of carbonyl (C=O) groups is 2. The molecule has 4 heterocycles. The molecule has 9 nitrogen and oxygen atoms in total. The maximum Gasteiger partial charge on any atom is 0.410 e. The van der Waals surface area contributed by atoms with Crippen molar-refractivity contribution in [2.24, 2.45) is 11.7 Å². The van der Waals surface area contributed by atoms with Crippen LogP contribution in [0.1, 0.15) is 46.0 Å². The zero-order valence-corrected chi connectivity index (χ0v) is 19.8. The molecule has 2 atom stereocenters. The summed E-state index contributed by atoms with van der Waals surface area (Å²) in [5.41, 5.74) is 6.39. The standard InChI is InChI=1S/C24H37N5O4/c1-17(2)33-24(31)27-11-8-18(9-12-27)16-32-19-6-7-22(26-13-19)28-14-20(25)21(15-28)29-10-4-3-5-23(29)30/h6-7,13,17-18,20-21H,3-5,8-12,14-16,25H2,1-2H3/t20-,21-/m0/s1. The quantitative estimate of drug-likeness (QED) is 0.696. The molecule has 3 aliphatic rings. The second-order valence-electron chi connectivity index (χ2n) is 9.71. The first-order valence-electron chi connectivity index (χ1n) is 12.2. The number of anilines is 1. The van der Waals surface area contributed by atoms with Gasteiger partial charge in [0, 0.05) is 45.2 Å². The van der Waals surface area contributed by atoms with Crippen LogP contribution in [0.5, 0.6) is 5.75 Å². The van der Waals surface area contributed by atoms with Crippen molar-refractivity contribution in [3.8, 4) is 5.75 Å². The van der Waals surface area contributed by atoms with E-state index in [0.29, 0.717) is 38.6 Å². The minimum atomic E-state index is -0.224. The third kappa shape index (κ3) is 5.88. The normalized spacial score (nSPS) is 24.5. The molecule has 3 aliphatic heterocycles. The van der Waals surface area contributed by atoms with Gasteiger partial charge in [0.15, 0.2) is 0 Å². The fraction of sp³-hybridized carbons (Fsp3) is 0.708. The van der Waals surface area contributed by atoms with Crippen molar-refractivity contribution in [1.82, 2.24) is 14.8 Å². The number of nitrogens with two attached hydrogens (primary N) is 1. The summed E-state index contributed by atoms with van der Waals surface area (Å²) >= 11 is 0. The van der Waals surface area contributed by atoms with Crippen LogP contribution < -0.4 is 15.4 Å². The van der Waals surface area contributed by atoms with Crippen molar-refractivity contribution in [3.63, 3.8) is 0 Å². The summed E-state index contributed by atoms with van der Waals surface area (Å²) in [6.45, 7) is 7.97. The molecule has 0 aromatic carbocycles. The van der Waals surface area contributed by atoms with Gasteiger partial charge in [0.1, 0.15) is 11.6 Å². The van der Waals surface area contributed by atoms with E-state index in [9.17, 15) is 9.59 Å². The molecule has 33 heavy (non-hydrogen) atoms. The summed E-state index contributed by atoms with van der Waals surface area (Å²) in [6.07, 6.45) is 5.92. The van der Waals surface area contributed by atoms with Gasteiger partial charge in [-0.2, -0.15) is 0 Å². The van der Waals surface area contributed by atoms with Crippen LogP contribution in [0.25, 0.3) is 0 Å². The average Bonchev–Trinajstić information content (AvgIpc) is 3.19. The first-order valence-corrected chi connectivity index (χ1v) is 12.2. The fourth-order valence-corrected chi connectivity index (χ4v) is 4.92. The molecule has 0 aliphatic carbocycles. The number of carbonyl (C=O) groups excluding carboxylic acids is 2.